The molecule has 1 aliphatic heterocycles. The van der Waals surface area contributed by atoms with Crippen molar-refractivity contribution >= 4 is 17.7 Å². The first-order chi connectivity index (χ1) is 10.3. The standard InChI is InChI=1S/C16H34N4OS/c1-7-17-14(19-13-16(4,5)22-6)18-12-15(2,3)20-8-10-21-11-9-20/h7-13H2,1-6H3,(H2,17,18,19). The molecule has 0 unspecified atom stereocenters. The summed E-state index contributed by atoms with van der Waals surface area (Å²) in [5, 5.41) is 6.80. The van der Waals surface area contributed by atoms with E-state index in [0.29, 0.717) is 0 Å². The van der Waals surface area contributed by atoms with Gasteiger partial charge in [0, 0.05) is 36.5 Å². The molecule has 0 aromatic carbocycles. The van der Waals surface area contributed by atoms with Crippen molar-refractivity contribution in [2.45, 2.75) is 44.9 Å². The Hall–Kier alpha value is -0.460. The molecular weight excluding hydrogens is 296 g/mol. The Morgan fingerprint density at radius 2 is 1.82 bits per heavy atom. The average molecular weight is 331 g/mol. The van der Waals surface area contributed by atoms with Gasteiger partial charge in [-0.15, -0.1) is 0 Å². The van der Waals surface area contributed by atoms with E-state index in [0.717, 1.165) is 51.9 Å². The molecule has 0 saturated carbocycles. The van der Waals surface area contributed by atoms with Crippen LogP contribution in [0.15, 0.2) is 4.99 Å². The van der Waals surface area contributed by atoms with Crippen LogP contribution < -0.4 is 10.6 Å². The summed E-state index contributed by atoms with van der Waals surface area (Å²) in [5.41, 5.74) is 0.0567. The van der Waals surface area contributed by atoms with Crippen molar-refractivity contribution in [3.05, 3.63) is 0 Å². The molecule has 1 rings (SSSR count). The van der Waals surface area contributed by atoms with Crippen LogP contribution in [0.3, 0.4) is 0 Å². The zero-order valence-electron chi connectivity index (χ0n) is 15.2. The van der Waals surface area contributed by atoms with Gasteiger partial charge in [-0.05, 0) is 40.9 Å². The molecular formula is C16H34N4OS. The highest BCUT2D eigenvalue weighted by atomic mass is 32.2. The summed E-state index contributed by atoms with van der Waals surface area (Å²) in [6, 6.07) is 0. The van der Waals surface area contributed by atoms with Gasteiger partial charge in [-0.1, -0.05) is 0 Å². The molecule has 0 amide bonds. The number of guanidine groups is 1. The first-order valence-corrected chi connectivity index (χ1v) is 9.43. The number of hydrogen-bond donors (Lipinski definition) is 2. The molecule has 0 spiro atoms. The highest BCUT2D eigenvalue weighted by Crippen LogP contribution is 2.19. The number of rotatable bonds is 7. The van der Waals surface area contributed by atoms with Crippen LogP contribution in [0.25, 0.3) is 0 Å². The Morgan fingerprint density at radius 3 is 2.36 bits per heavy atom. The minimum atomic E-state index is 0.0567. The summed E-state index contributed by atoms with van der Waals surface area (Å²) in [5.74, 6) is 0.908. The van der Waals surface area contributed by atoms with Crippen molar-refractivity contribution in [3.8, 4) is 0 Å². The van der Waals surface area contributed by atoms with Gasteiger partial charge in [-0.2, -0.15) is 11.8 Å². The SMILES string of the molecule is CCNC(=NCC(C)(C)N1CCOCC1)NCC(C)(C)SC. The van der Waals surface area contributed by atoms with Crippen LogP contribution >= 0.6 is 11.8 Å². The van der Waals surface area contributed by atoms with Gasteiger partial charge in [0.25, 0.3) is 0 Å². The largest absolute Gasteiger partial charge is 0.379 e. The lowest BCUT2D eigenvalue weighted by Crippen LogP contribution is -2.52. The highest BCUT2D eigenvalue weighted by molar-refractivity contribution is 7.99. The fourth-order valence-electron chi connectivity index (χ4n) is 2.25. The summed E-state index contributed by atoms with van der Waals surface area (Å²) in [6.07, 6.45) is 2.15. The number of thioether (sulfide) groups is 1. The Morgan fingerprint density at radius 1 is 1.18 bits per heavy atom. The molecule has 130 valence electrons. The zero-order valence-corrected chi connectivity index (χ0v) is 16.0. The van der Waals surface area contributed by atoms with E-state index in [1.807, 2.05) is 11.8 Å². The van der Waals surface area contributed by atoms with E-state index in [9.17, 15) is 0 Å². The number of nitrogens with one attached hydrogen (secondary N) is 2. The number of aliphatic imine (C=N–C) groups is 1. The molecule has 0 aromatic rings. The third kappa shape index (κ3) is 6.75. The molecule has 22 heavy (non-hydrogen) atoms. The molecule has 0 aromatic heterocycles. The first kappa shape index (κ1) is 19.6. The van der Waals surface area contributed by atoms with Crippen LogP contribution in [0.2, 0.25) is 0 Å². The topological polar surface area (TPSA) is 48.9 Å². The highest BCUT2D eigenvalue weighted by Gasteiger charge is 2.28. The van der Waals surface area contributed by atoms with Gasteiger partial charge in [0.2, 0.25) is 0 Å². The zero-order chi connectivity index (χ0) is 16.6. The van der Waals surface area contributed by atoms with Gasteiger partial charge in [-0.25, -0.2) is 0 Å². The maximum Gasteiger partial charge on any atom is 0.191 e. The first-order valence-electron chi connectivity index (χ1n) is 8.21. The molecule has 6 heteroatoms. The number of morpholine rings is 1. The summed E-state index contributed by atoms with van der Waals surface area (Å²) in [6.45, 7) is 17.3. The van der Waals surface area contributed by atoms with Gasteiger partial charge in [0.15, 0.2) is 5.96 Å². The van der Waals surface area contributed by atoms with Gasteiger partial charge < -0.3 is 15.4 Å². The molecule has 1 fully saturated rings. The Kier molecular flexibility index (Phi) is 8.00. The maximum atomic E-state index is 5.44. The van der Waals surface area contributed by atoms with E-state index < -0.39 is 0 Å². The lowest BCUT2D eigenvalue weighted by molar-refractivity contribution is -0.00683. The van der Waals surface area contributed by atoms with E-state index >= 15 is 0 Å². The van der Waals surface area contributed by atoms with Gasteiger partial charge in [-0.3, -0.25) is 9.89 Å². The summed E-state index contributed by atoms with van der Waals surface area (Å²) in [7, 11) is 0. The molecule has 2 N–H and O–H groups in total. The Bertz CT molecular complexity index is 352. The lowest BCUT2D eigenvalue weighted by atomic mass is 10.0. The second-order valence-electron chi connectivity index (χ2n) is 6.92. The van der Waals surface area contributed by atoms with E-state index in [1.165, 1.54) is 0 Å². The second kappa shape index (κ2) is 8.99. The Balaban J connectivity index is 2.59. The minimum absolute atomic E-state index is 0.0567. The number of ether oxygens (including phenoxy) is 1. The van der Waals surface area contributed by atoms with Crippen LogP contribution in [0, 0.1) is 0 Å². The second-order valence-corrected chi connectivity index (χ2v) is 8.44. The summed E-state index contributed by atoms with van der Waals surface area (Å²) >= 11 is 1.87. The molecule has 1 aliphatic rings. The van der Waals surface area contributed by atoms with Crippen molar-refractivity contribution in [2.75, 3.05) is 52.2 Å². The maximum absolute atomic E-state index is 5.44. The van der Waals surface area contributed by atoms with E-state index in [1.54, 1.807) is 0 Å². The quantitative estimate of drug-likeness (QED) is 0.551. The minimum Gasteiger partial charge on any atom is -0.379 e. The molecule has 0 aliphatic carbocycles. The summed E-state index contributed by atoms with van der Waals surface area (Å²) in [4.78, 5) is 7.27. The van der Waals surface area contributed by atoms with Crippen LogP contribution in [-0.2, 0) is 4.74 Å². The van der Waals surface area contributed by atoms with Crippen LogP contribution in [0.5, 0.6) is 0 Å². The van der Waals surface area contributed by atoms with Crippen LogP contribution in [0.4, 0.5) is 0 Å². The van der Waals surface area contributed by atoms with Crippen LogP contribution in [0.1, 0.15) is 34.6 Å². The van der Waals surface area contributed by atoms with Gasteiger partial charge in [0.05, 0.1) is 19.8 Å². The number of hydrogen-bond acceptors (Lipinski definition) is 4. The van der Waals surface area contributed by atoms with E-state index in [2.05, 4.69) is 56.4 Å². The third-order valence-corrected chi connectivity index (χ3v) is 5.32. The van der Waals surface area contributed by atoms with Crippen molar-refractivity contribution in [1.82, 2.24) is 15.5 Å². The smallest absolute Gasteiger partial charge is 0.191 e. The predicted octanol–water partition coefficient (Wildman–Crippen LogP) is 1.79. The van der Waals surface area contributed by atoms with Crippen molar-refractivity contribution in [3.63, 3.8) is 0 Å². The fraction of sp³-hybridized carbons (Fsp3) is 0.938. The fourth-order valence-corrected chi connectivity index (χ4v) is 2.47. The molecule has 5 nitrogen and oxygen atoms in total. The average Bonchev–Trinajstić information content (AvgIpc) is 2.51. The van der Waals surface area contributed by atoms with Crippen molar-refractivity contribution in [2.24, 2.45) is 4.99 Å². The molecule has 0 radical (unpaired) electrons. The van der Waals surface area contributed by atoms with Gasteiger partial charge >= 0.3 is 0 Å². The van der Waals surface area contributed by atoms with Crippen molar-refractivity contribution in [1.29, 1.82) is 0 Å². The van der Waals surface area contributed by atoms with Crippen LogP contribution in [-0.4, -0.2) is 73.3 Å². The van der Waals surface area contributed by atoms with E-state index in [4.69, 9.17) is 9.73 Å². The predicted molar refractivity (Wildman–Crippen MR) is 98.0 cm³/mol. The molecule has 1 heterocycles. The third-order valence-electron chi connectivity index (χ3n) is 4.07. The lowest BCUT2D eigenvalue weighted by Gasteiger charge is -2.40. The molecule has 0 atom stereocenters. The Labute approximate surface area is 140 Å². The molecule has 0 bridgehead atoms. The monoisotopic (exact) mass is 330 g/mol. The normalized spacial score (nSPS) is 18.4. The molecule has 1 saturated heterocycles. The summed E-state index contributed by atoms with van der Waals surface area (Å²) < 4.78 is 5.65. The van der Waals surface area contributed by atoms with E-state index in [-0.39, 0.29) is 10.3 Å². The number of nitrogens with zero attached hydrogens (tertiary/aromatic N) is 2. The van der Waals surface area contributed by atoms with Crippen molar-refractivity contribution < 1.29 is 4.74 Å². The van der Waals surface area contributed by atoms with Gasteiger partial charge in [0.1, 0.15) is 0 Å².